The molecule has 0 radical (unpaired) electrons. The number of nitrogens with zero attached hydrogens (tertiary/aromatic N) is 1. The first kappa shape index (κ1) is 26.0. The Morgan fingerprint density at radius 1 is 1.12 bits per heavy atom. The number of esters is 1. The van der Waals surface area contributed by atoms with Gasteiger partial charge in [-0.1, -0.05) is 50.3 Å². The minimum atomic E-state index is -3.84. The number of hydrogen-bond acceptors (Lipinski definition) is 5. The van der Waals surface area contributed by atoms with Gasteiger partial charge in [-0.05, 0) is 73.1 Å². The van der Waals surface area contributed by atoms with Gasteiger partial charge in [-0.2, -0.15) is 4.31 Å². The second-order valence-corrected chi connectivity index (χ2v) is 12.1. The van der Waals surface area contributed by atoms with Crippen LogP contribution in [0.5, 0.6) is 5.75 Å². The van der Waals surface area contributed by atoms with E-state index in [4.69, 9.17) is 9.47 Å². The van der Waals surface area contributed by atoms with E-state index >= 15 is 0 Å². The van der Waals surface area contributed by atoms with E-state index in [1.54, 1.807) is 0 Å². The highest BCUT2D eigenvalue weighted by molar-refractivity contribution is 7.91. The van der Waals surface area contributed by atoms with Gasteiger partial charge in [0.15, 0.2) is 4.75 Å². The van der Waals surface area contributed by atoms with Crippen molar-refractivity contribution in [1.29, 1.82) is 0 Å². The number of aryl methyl sites for hydroxylation is 1. The van der Waals surface area contributed by atoms with Gasteiger partial charge in [0.1, 0.15) is 5.75 Å². The normalized spacial score (nSPS) is 15.2. The lowest BCUT2D eigenvalue weighted by Crippen LogP contribution is -2.51. The van der Waals surface area contributed by atoms with Gasteiger partial charge in [0.05, 0.1) is 13.7 Å². The lowest BCUT2D eigenvalue weighted by Gasteiger charge is -2.32. The van der Waals surface area contributed by atoms with Crippen molar-refractivity contribution in [3.05, 3.63) is 59.7 Å². The number of sulfonamides is 1. The molecule has 7 heteroatoms. The van der Waals surface area contributed by atoms with Crippen LogP contribution in [0.2, 0.25) is 0 Å². The summed E-state index contributed by atoms with van der Waals surface area (Å²) < 4.78 is 36.3. The summed E-state index contributed by atoms with van der Waals surface area (Å²) in [6.45, 7) is 10.3. The number of methoxy groups -OCH3 is 1. The van der Waals surface area contributed by atoms with E-state index in [0.717, 1.165) is 33.6 Å². The molecule has 0 saturated heterocycles. The molecule has 0 aromatic heterocycles. The zero-order valence-corrected chi connectivity index (χ0v) is 21.7. The van der Waals surface area contributed by atoms with Crippen molar-refractivity contribution in [1.82, 2.24) is 4.31 Å². The molecular formula is C27H35NO5S. The molecule has 3 rings (SSSR count). The van der Waals surface area contributed by atoms with Crippen LogP contribution in [0.25, 0.3) is 16.7 Å². The van der Waals surface area contributed by atoms with Crippen LogP contribution in [0, 0.1) is 12.8 Å². The van der Waals surface area contributed by atoms with Crippen LogP contribution in [0.4, 0.5) is 0 Å². The van der Waals surface area contributed by atoms with Crippen LogP contribution in [0.1, 0.15) is 45.2 Å². The smallest absolute Gasteiger partial charge is 0.328 e. The Balaban J connectivity index is 1.78. The summed E-state index contributed by atoms with van der Waals surface area (Å²) >= 11 is 0. The average Bonchev–Trinajstić information content (AvgIpc) is 2.82. The Morgan fingerprint density at radius 2 is 1.85 bits per heavy atom. The number of rotatable bonds is 8. The van der Waals surface area contributed by atoms with Gasteiger partial charge in [-0.3, -0.25) is 4.79 Å². The lowest BCUT2D eigenvalue weighted by molar-refractivity contribution is -0.142. The highest BCUT2D eigenvalue weighted by atomic mass is 32.2. The average molecular weight is 486 g/mol. The fourth-order valence-electron chi connectivity index (χ4n) is 4.01. The molecule has 0 N–H and O–H groups in total. The fourth-order valence-corrected chi connectivity index (χ4v) is 5.55. The van der Waals surface area contributed by atoms with Crippen LogP contribution < -0.4 is 4.74 Å². The van der Waals surface area contributed by atoms with Crippen molar-refractivity contribution in [2.45, 2.75) is 45.8 Å². The zero-order valence-electron chi connectivity index (χ0n) is 20.9. The third-order valence-corrected chi connectivity index (χ3v) is 8.63. The predicted octanol–water partition coefficient (Wildman–Crippen LogP) is 5.07. The summed E-state index contributed by atoms with van der Waals surface area (Å²) in [6.07, 6.45) is 2.51. The topological polar surface area (TPSA) is 72.9 Å². The lowest BCUT2D eigenvalue weighted by atomic mass is 9.93. The Labute approximate surface area is 203 Å². The number of hydrogen-bond donors (Lipinski definition) is 0. The molecule has 1 aliphatic rings. The molecule has 0 unspecified atom stereocenters. The number of carbonyl (C=O) groups excluding carboxylic acids is 1. The van der Waals surface area contributed by atoms with Gasteiger partial charge in [0.25, 0.3) is 0 Å². The highest BCUT2D eigenvalue weighted by Gasteiger charge is 2.46. The van der Waals surface area contributed by atoms with E-state index in [1.807, 2.05) is 18.2 Å². The molecule has 0 spiro atoms. The van der Waals surface area contributed by atoms with Crippen LogP contribution in [0.15, 0.2) is 48.5 Å². The van der Waals surface area contributed by atoms with Crippen molar-refractivity contribution in [2.75, 3.05) is 26.8 Å². The van der Waals surface area contributed by atoms with Gasteiger partial charge in [0, 0.05) is 13.1 Å². The number of ether oxygens (including phenoxy) is 2. The Bertz CT molecular complexity index is 1180. The first-order chi connectivity index (χ1) is 16.0. The molecule has 0 aliphatic carbocycles. The maximum Gasteiger partial charge on any atom is 0.328 e. The summed E-state index contributed by atoms with van der Waals surface area (Å²) in [7, 11) is -2.64. The fraction of sp³-hybridized carbons (Fsp3) is 0.444. The van der Waals surface area contributed by atoms with Crippen LogP contribution in [0.3, 0.4) is 0 Å². The van der Waals surface area contributed by atoms with Gasteiger partial charge in [0.2, 0.25) is 10.0 Å². The molecule has 0 bridgehead atoms. The van der Waals surface area contributed by atoms with Gasteiger partial charge >= 0.3 is 5.97 Å². The molecule has 0 fully saturated rings. The van der Waals surface area contributed by atoms with E-state index in [2.05, 4.69) is 51.1 Å². The van der Waals surface area contributed by atoms with Crippen molar-refractivity contribution in [3.63, 3.8) is 0 Å². The van der Waals surface area contributed by atoms with Gasteiger partial charge in [-0.15, -0.1) is 0 Å². The minimum absolute atomic E-state index is 0.230. The number of carbonyl (C=O) groups is 1. The first-order valence-electron chi connectivity index (χ1n) is 11.6. The molecule has 0 atom stereocenters. The summed E-state index contributed by atoms with van der Waals surface area (Å²) in [5.41, 5.74) is 5.56. The Kier molecular flexibility index (Phi) is 7.88. The van der Waals surface area contributed by atoms with E-state index in [1.165, 1.54) is 25.3 Å². The molecule has 1 heterocycles. The second-order valence-electron chi connectivity index (χ2n) is 9.61. The Morgan fingerprint density at radius 3 is 2.44 bits per heavy atom. The monoisotopic (exact) mass is 485 g/mol. The molecule has 0 amide bonds. The first-order valence-corrected chi connectivity index (χ1v) is 13.0. The maximum absolute atomic E-state index is 13.0. The molecule has 184 valence electrons. The van der Waals surface area contributed by atoms with E-state index in [9.17, 15) is 13.2 Å². The van der Waals surface area contributed by atoms with Crippen LogP contribution >= 0.6 is 0 Å². The summed E-state index contributed by atoms with van der Waals surface area (Å²) in [6, 6.07) is 14.5. The maximum atomic E-state index is 13.0. The van der Waals surface area contributed by atoms with Crippen molar-refractivity contribution in [3.8, 4) is 16.9 Å². The molecule has 0 saturated carbocycles. The van der Waals surface area contributed by atoms with E-state index < -0.39 is 20.7 Å². The number of benzene rings is 2. The predicted molar refractivity (Wildman–Crippen MR) is 136 cm³/mol. The molecule has 6 nitrogen and oxygen atoms in total. The Hall–Kier alpha value is -2.64. The SMILES string of the molecule is COC(=O)C(C)(C)S(=O)(=O)N1CC=C(c2ccc(-c3cccc(OCC(C)C)c3)c(C)c2)CC1. The molecular weight excluding hydrogens is 450 g/mol. The zero-order chi connectivity index (χ0) is 25.1. The molecule has 1 aliphatic heterocycles. The minimum Gasteiger partial charge on any atom is -0.493 e. The summed E-state index contributed by atoms with van der Waals surface area (Å²) in [5, 5.41) is 0. The van der Waals surface area contributed by atoms with Crippen molar-refractivity contribution < 1.29 is 22.7 Å². The van der Waals surface area contributed by atoms with Gasteiger partial charge in [-0.25, -0.2) is 8.42 Å². The third-order valence-electron chi connectivity index (χ3n) is 6.16. The quantitative estimate of drug-likeness (QED) is 0.488. The summed E-state index contributed by atoms with van der Waals surface area (Å²) in [5.74, 6) is 0.568. The van der Waals surface area contributed by atoms with Gasteiger partial charge < -0.3 is 9.47 Å². The van der Waals surface area contributed by atoms with Crippen molar-refractivity contribution >= 4 is 21.6 Å². The van der Waals surface area contributed by atoms with E-state index in [-0.39, 0.29) is 6.54 Å². The van der Waals surface area contributed by atoms with E-state index in [0.29, 0.717) is 25.5 Å². The standard InChI is InChI=1S/C27H35NO5S/c1-19(2)18-33-24-9-7-8-23(17-24)25-11-10-22(16-20(25)3)21-12-14-28(15-13-21)34(30,31)27(4,5)26(29)32-6/h7-12,16-17,19H,13-15,18H2,1-6H3. The van der Waals surface area contributed by atoms with Crippen LogP contribution in [-0.2, 0) is 19.6 Å². The van der Waals surface area contributed by atoms with Crippen molar-refractivity contribution in [2.24, 2.45) is 5.92 Å². The molecule has 2 aromatic rings. The van der Waals surface area contributed by atoms with Crippen LogP contribution in [-0.4, -0.2) is 50.2 Å². The molecule has 34 heavy (non-hydrogen) atoms. The summed E-state index contributed by atoms with van der Waals surface area (Å²) in [4.78, 5) is 12.0. The molecule has 2 aromatic carbocycles. The third kappa shape index (κ3) is 5.36. The second kappa shape index (κ2) is 10.3. The largest absolute Gasteiger partial charge is 0.493 e. The highest BCUT2D eigenvalue weighted by Crippen LogP contribution is 2.32.